The quantitative estimate of drug-likeness (QED) is 0.381. The van der Waals surface area contributed by atoms with Gasteiger partial charge in [-0.2, -0.15) is 0 Å². The van der Waals surface area contributed by atoms with E-state index in [0.717, 1.165) is 6.33 Å². The highest BCUT2D eigenvalue weighted by molar-refractivity contribution is 5.95. The maximum atomic E-state index is 13.0. The van der Waals surface area contributed by atoms with Gasteiger partial charge < -0.3 is 10.6 Å². The maximum Gasteiger partial charge on any atom is 0.353 e. The molecular formula is C18H14FN5O3. The number of ketones is 1. The maximum absolute atomic E-state index is 13.0. The van der Waals surface area contributed by atoms with Crippen molar-refractivity contribution in [1.29, 1.82) is 0 Å². The molecule has 3 rings (SSSR count). The van der Waals surface area contributed by atoms with Gasteiger partial charge in [-0.1, -0.05) is 12.1 Å². The lowest BCUT2D eigenvalue weighted by molar-refractivity contribution is -0.383. The van der Waals surface area contributed by atoms with Gasteiger partial charge in [-0.3, -0.25) is 14.9 Å². The van der Waals surface area contributed by atoms with Crippen LogP contribution >= 0.6 is 0 Å². The number of nitro groups is 1. The predicted molar refractivity (Wildman–Crippen MR) is 98.1 cm³/mol. The molecule has 0 saturated heterocycles. The molecule has 0 unspecified atom stereocenters. The molecule has 27 heavy (non-hydrogen) atoms. The fourth-order valence-corrected chi connectivity index (χ4v) is 2.36. The van der Waals surface area contributed by atoms with Gasteiger partial charge in [0, 0.05) is 16.9 Å². The molecule has 1 aromatic heterocycles. The molecule has 2 N–H and O–H groups in total. The Morgan fingerprint density at radius 1 is 1.04 bits per heavy atom. The van der Waals surface area contributed by atoms with Crippen molar-refractivity contribution in [2.45, 2.75) is 6.92 Å². The largest absolute Gasteiger partial charge is 0.353 e. The summed E-state index contributed by atoms with van der Waals surface area (Å²) in [6, 6.07) is 11.8. The summed E-state index contributed by atoms with van der Waals surface area (Å²) in [4.78, 5) is 30.3. The van der Waals surface area contributed by atoms with Crippen molar-refractivity contribution >= 4 is 34.5 Å². The molecular weight excluding hydrogens is 353 g/mol. The second kappa shape index (κ2) is 7.56. The molecule has 9 heteroatoms. The van der Waals surface area contributed by atoms with Gasteiger partial charge in [-0.25, -0.2) is 14.4 Å². The SMILES string of the molecule is CC(=O)c1cccc(Nc2ncnc(Nc3ccc(F)cc3)c2[N+](=O)[O-])c1. The van der Waals surface area contributed by atoms with Crippen molar-refractivity contribution in [3.05, 3.63) is 76.4 Å². The summed E-state index contributed by atoms with van der Waals surface area (Å²) >= 11 is 0. The Morgan fingerprint density at radius 2 is 1.67 bits per heavy atom. The van der Waals surface area contributed by atoms with Crippen LogP contribution in [-0.2, 0) is 0 Å². The summed E-state index contributed by atoms with van der Waals surface area (Å²) in [5.41, 5.74) is 0.983. The Hall–Kier alpha value is -3.88. The lowest BCUT2D eigenvalue weighted by Gasteiger charge is -2.10. The summed E-state index contributed by atoms with van der Waals surface area (Å²) in [6.45, 7) is 1.43. The number of benzene rings is 2. The fourth-order valence-electron chi connectivity index (χ4n) is 2.36. The van der Waals surface area contributed by atoms with Crippen LogP contribution in [0.3, 0.4) is 0 Å². The average Bonchev–Trinajstić information content (AvgIpc) is 2.64. The first-order chi connectivity index (χ1) is 12.9. The van der Waals surface area contributed by atoms with Gasteiger partial charge in [0.1, 0.15) is 12.1 Å². The highest BCUT2D eigenvalue weighted by Gasteiger charge is 2.23. The standard InChI is InChI=1S/C18H14FN5O3/c1-11(25)12-3-2-4-15(9-12)23-18-16(24(26)27)17(20-10-21-18)22-14-7-5-13(19)6-8-14/h2-10H,1H3,(H2,20,21,22,23). The minimum atomic E-state index is -0.622. The molecule has 3 aromatic rings. The topological polar surface area (TPSA) is 110 Å². The lowest BCUT2D eigenvalue weighted by Crippen LogP contribution is -2.06. The summed E-state index contributed by atoms with van der Waals surface area (Å²) in [7, 11) is 0. The first-order valence-corrected chi connectivity index (χ1v) is 7.84. The molecule has 1 heterocycles. The average molecular weight is 367 g/mol. The van der Waals surface area contributed by atoms with Gasteiger partial charge in [0.2, 0.25) is 11.6 Å². The molecule has 0 atom stereocenters. The fraction of sp³-hybridized carbons (Fsp3) is 0.0556. The van der Waals surface area contributed by atoms with Crippen LogP contribution in [0.25, 0.3) is 0 Å². The number of carbonyl (C=O) groups excluding carboxylic acids is 1. The van der Waals surface area contributed by atoms with E-state index in [0.29, 0.717) is 16.9 Å². The summed E-state index contributed by atoms with van der Waals surface area (Å²) in [5.74, 6) is -0.646. The lowest BCUT2D eigenvalue weighted by atomic mass is 10.1. The van der Waals surface area contributed by atoms with Crippen molar-refractivity contribution in [2.75, 3.05) is 10.6 Å². The van der Waals surface area contributed by atoms with Crippen LogP contribution in [0, 0.1) is 15.9 Å². The predicted octanol–water partition coefficient (Wildman–Crippen LogP) is 4.21. The van der Waals surface area contributed by atoms with E-state index in [1.165, 1.54) is 31.2 Å². The molecule has 2 aromatic carbocycles. The first kappa shape index (κ1) is 17.9. The second-order valence-electron chi connectivity index (χ2n) is 5.57. The van der Waals surface area contributed by atoms with Crippen LogP contribution in [0.2, 0.25) is 0 Å². The van der Waals surface area contributed by atoms with Crippen molar-refractivity contribution < 1.29 is 14.1 Å². The van der Waals surface area contributed by atoms with Crippen LogP contribution in [0.4, 0.5) is 33.1 Å². The van der Waals surface area contributed by atoms with E-state index in [9.17, 15) is 19.3 Å². The highest BCUT2D eigenvalue weighted by atomic mass is 19.1. The number of hydrogen-bond donors (Lipinski definition) is 2. The Bertz CT molecular complexity index is 1010. The molecule has 0 amide bonds. The minimum Gasteiger partial charge on any atom is -0.334 e. The Balaban J connectivity index is 1.96. The summed E-state index contributed by atoms with van der Waals surface area (Å²) in [6.07, 6.45) is 1.16. The molecule has 0 aliphatic heterocycles. The van der Waals surface area contributed by atoms with Crippen LogP contribution < -0.4 is 10.6 Å². The molecule has 0 aliphatic carbocycles. The van der Waals surface area contributed by atoms with Gasteiger partial charge >= 0.3 is 5.69 Å². The van der Waals surface area contributed by atoms with Gasteiger partial charge in [0.05, 0.1) is 4.92 Å². The number of aromatic nitrogens is 2. The number of rotatable bonds is 6. The molecule has 8 nitrogen and oxygen atoms in total. The van der Waals surface area contributed by atoms with E-state index in [1.807, 2.05) is 0 Å². The highest BCUT2D eigenvalue weighted by Crippen LogP contribution is 2.33. The summed E-state index contributed by atoms with van der Waals surface area (Å²) in [5, 5.41) is 17.2. The smallest absolute Gasteiger partial charge is 0.334 e. The number of anilines is 4. The van der Waals surface area contributed by atoms with Gasteiger partial charge in [-0.15, -0.1) is 0 Å². The zero-order valence-corrected chi connectivity index (χ0v) is 14.1. The number of halogens is 1. The number of hydrogen-bond acceptors (Lipinski definition) is 7. The zero-order chi connectivity index (χ0) is 19.4. The molecule has 0 fully saturated rings. The van der Waals surface area contributed by atoms with Gasteiger partial charge in [0.15, 0.2) is 5.78 Å². The normalized spacial score (nSPS) is 10.3. The molecule has 0 bridgehead atoms. The Labute approximate surface area is 153 Å². The number of carbonyl (C=O) groups is 1. The van der Waals surface area contributed by atoms with Crippen LogP contribution in [-0.4, -0.2) is 20.7 Å². The molecule has 0 radical (unpaired) electrons. The number of nitrogens with zero attached hydrogens (tertiary/aromatic N) is 3. The van der Waals surface area contributed by atoms with Crippen molar-refractivity contribution in [1.82, 2.24) is 9.97 Å². The van der Waals surface area contributed by atoms with Crippen LogP contribution in [0.15, 0.2) is 54.9 Å². The molecule has 0 aliphatic rings. The third kappa shape index (κ3) is 4.21. The third-order valence-electron chi connectivity index (χ3n) is 3.64. The van der Waals surface area contributed by atoms with Crippen LogP contribution in [0.5, 0.6) is 0 Å². The third-order valence-corrected chi connectivity index (χ3v) is 3.64. The first-order valence-electron chi connectivity index (χ1n) is 7.84. The molecule has 0 spiro atoms. The Kier molecular flexibility index (Phi) is 5.02. The second-order valence-corrected chi connectivity index (χ2v) is 5.57. The van der Waals surface area contributed by atoms with Gasteiger partial charge in [-0.05, 0) is 43.3 Å². The number of nitrogens with one attached hydrogen (secondary N) is 2. The minimum absolute atomic E-state index is 0.0414. The summed E-state index contributed by atoms with van der Waals surface area (Å²) < 4.78 is 13.0. The molecule has 136 valence electrons. The Morgan fingerprint density at radius 3 is 2.26 bits per heavy atom. The van der Waals surface area contributed by atoms with Crippen molar-refractivity contribution in [2.24, 2.45) is 0 Å². The van der Waals surface area contributed by atoms with E-state index in [1.54, 1.807) is 24.3 Å². The van der Waals surface area contributed by atoms with Crippen molar-refractivity contribution in [3.8, 4) is 0 Å². The monoisotopic (exact) mass is 367 g/mol. The van der Waals surface area contributed by atoms with Gasteiger partial charge in [0.25, 0.3) is 0 Å². The zero-order valence-electron chi connectivity index (χ0n) is 14.1. The van der Waals surface area contributed by atoms with E-state index in [4.69, 9.17) is 0 Å². The number of Topliss-reactive ketones (excluding diaryl/α,β-unsaturated/α-hetero) is 1. The van der Waals surface area contributed by atoms with E-state index >= 15 is 0 Å². The van der Waals surface area contributed by atoms with E-state index in [2.05, 4.69) is 20.6 Å². The van der Waals surface area contributed by atoms with Crippen molar-refractivity contribution in [3.63, 3.8) is 0 Å². The van der Waals surface area contributed by atoms with Crippen LogP contribution in [0.1, 0.15) is 17.3 Å². The van der Waals surface area contributed by atoms with E-state index in [-0.39, 0.29) is 23.1 Å². The molecule has 0 saturated carbocycles. The van der Waals surface area contributed by atoms with E-state index < -0.39 is 10.7 Å².